The van der Waals surface area contributed by atoms with Gasteiger partial charge in [-0.1, -0.05) is 36.4 Å². The summed E-state index contributed by atoms with van der Waals surface area (Å²) in [5.74, 6) is -1.68. The van der Waals surface area contributed by atoms with E-state index in [2.05, 4.69) is 0 Å². The Bertz CT molecular complexity index is 1940. The average Bonchev–Trinajstić information content (AvgIpc) is 3.56. The van der Waals surface area contributed by atoms with Crippen LogP contribution in [0.4, 0.5) is 0 Å². The Hall–Kier alpha value is -5.22. The number of hydrogen-bond donors (Lipinski definition) is 3. The molecule has 3 aromatic rings. The van der Waals surface area contributed by atoms with Crippen molar-refractivity contribution in [2.75, 3.05) is 26.4 Å². The lowest BCUT2D eigenvalue weighted by molar-refractivity contribution is -0.267. The van der Waals surface area contributed by atoms with Crippen molar-refractivity contribution in [2.45, 2.75) is 67.4 Å². The zero-order valence-electron chi connectivity index (χ0n) is 27.7. The van der Waals surface area contributed by atoms with Gasteiger partial charge >= 0.3 is 23.6 Å². The summed E-state index contributed by atoms with van der Waals surface area (Å²) in [6, 6.07) is 19.9. The number of aromatic nitrogens is 2. The number of H-pyrrole nitrogens is 1. The molecule has 2 aromatic carbocycles. The van der Waals surface area contributed by atoms with Gasteiger partial charge in [0.05, 0.1) is 30.9 Å². The van der Waals surface area contributed by atoms with Gasteiger partial charge < -0.3 is 43.4 Å². The maximum absolute atomic E-state index is 12.7. The fraction of sp³-hybridized carbons (Fsp3) is 0.429. The first kappa shape index (κ1) is 36.6. The summed E-state index contributed by atoms with van der Waals surface area (Å²) in [5.41, 5.74) is -5.27. The minimum Gasteiger partial charge on any atom is -0.459 e. The summed E-state index contributed by atoms with van der Waals surface area (Å²) in [5, 5.41) is 29.2. The maximum Gasteiger partial charge on any atom is 0.338 e. The van der Waals surface area contributed by atoms with Gasteiger partial charge in [0.15, 0.2) is 17.3 Å². The van der Waals surface area contributed by atoms with Crippen LogP contribution in [-0.2, 0) is 43.7 Å². The molecule has 52 heavy (non-hydrogen) atoms. The Kier molecular flexibility index (Phi) is 10.4. The smallest absolute Gasteiger partial charge is 0.338 e. The third kappa shape index (κ3) is 6.40. The summed E-state index contributed by atoms with van der Waals surface area (Å²) in [6.45, 7) is 1.21. The van der Waals surface area contributed by atoms with Crippen molar-refractivity contribution >= 4 is 17.9 Å². The molecule has 2 spiro atoms. The first-order valence-corrected chi connectivity index (χ1v) is 16.3. The molecule has 1 aromatic heterocycles. The Morgan fingerprint density at radius 2 is 1.56 bits per heavy atom. The van der Waals surface area contributed by atoms with Crippen LogP contribution in [-0.4, -0.2) is 106 Å². The second-order valence-corrected chi connectivity index (χ2v) is 12.3. The normalized spacial score (nSPS) is 31.3. The van der Waals surface area contributed by atoms with Crippen molar-refractivity contribution < 1.29 is 57.8 Å². The van der Waals surface area contributed by atoms with Gasteiger partial charge in [0.2, 0.25) is 6.29 Å². The third-order valence-electron chi connectivity index (χ3n) is 9.34. The quantitative estimate of drug-likeness (QED) is 0.207. The highest BCUT2D eigenvalue weighted by atomic mass is 16.8. The molecule has 17 nitrogen and oxygen atoms in total. The maximum atomic E-state index is 12.7. The van der Waals surface area contributed by atoms with Crippen LogP contribution in [0.25, 0.3) is 0 Å². The first-order chi connectivity index (χ1) is 25.0. The molecule has 0 aliphatic carbocycles. The first-order valence-electron chi connectivity index (χ1n) is 16.3. The van der Waals surface area contributed by atoms with Crippen LogP contribution in [0.3, 0.4) is 0 Å². The average molecular weight is 722 g/mol. The second-order valence-electron chi connectivity index (χ2n) is 12.3. The number of nitrogens with one attached hydrogen (secondary N) is 1. The molecule has 0 amide bonds. The summed E-state index contributed by atoms with van der Waals surface area (Å²) < 4.78 is 39.8. The van der Waals surface area contributed by atoms with Crippen LogP contribution < -0.4 is 11.2 Å². The lowest BCUT2D eigenvalue weighted by Crippen LogP contribution is -2.66. The van der Waals surface area contributed by atoms with Gasteiger partial charge in [0, 0.05) is 32.0 Å². The monoisotopic (exact) mass is 721 g/mol. The topological polar surface area (TPSA) is 235 Å². The molecule has 4 fully saturated rings. The van der Waals surface area contributed by atoms with Crippen molar-refractivity contribution in [3.63, 3.8) is 0 Å². The zero-order chi connectivity index (χ0) is 37.1. The number of rotatable bonds is 8. The van der Waals surface area contributed by atoms with Crippen LogP contribution >= 0.6 is 0 Å². The van der Waals surface area contributed by atoms with Crippen LogP contribution in [0.1, 0.15) is 40.5 Å². The van der Waals surface area contributed by atoms with E-state index in [1.807, 2.05) is 11.1 Å². The van der Waals surface area contributed by atoms with Crippen molar-refractivity contribution in [2.24, 2.45) is 0 Å². The Morgan fingerprint density at radius 3 is 2.06 bits per heavy atom. The zero-order valence-corrected chi connectivity index (χ0v) is 27.7. The number of carbonyl (C=O) groups is 3. The Labute approximate surface area is 295 Å². The van der Waals surface area contributed by atoms with Crippen LogP contribution in [0.2, 0.25) is 0 Å². The molecule has 5 heterocycles. The molecular weight excluding hydrogens is 686 g/mol. The van der Waals surface area contributed by atoms with Crippen LogP contribution in [0.5, 0.6) is 0 Å². The summed E-state index contributed by atoms with van der Waals surface area (Å²) >= 11 is 0. The van der Waals surface area contributed by atoms with E-state index in [1.54, 1.807) is 60.7 Å². The van der Waals surface area contributed by atoms with Crippen molar-refractivity contribution in [3.05, 3.63) is 105 Å². The molecule has 7 rings (SSSR count). The van der Waals surface area contributed by atoms with Crippen molar-refractivity contribution in [3.8, 4) is 6.07 Å². The van der Waals surface area contributed by atoms with Crippen molar-refractivity contribution in [1.29, 1.82) is 5.26 Å². The molecule has 3 N–H and O–H groups in total. The number of aliphatic hydroxyl groups is 2. The highest BCUT2D eigenvalue weighted by Crippen LogP contribution is 2.51. The van der Waals surface area contributed by atoms with Gasteiger partial charge in [-0.3, -0.25) is 19.1 Å². The largest absolute Gasteiger partial charge is 0.459 e. The van der Waals surface area contributed by atoms with E-state index in [9.17, 15) is 39.4 Å². The summed E-state index contributed by atoms with van der Waals surface area (Å²) in [6.07, 6.45) is -3.36. The van der Waals surface area contributed by atoms with Gasteiger partial charge in [0.25, 0.3) is 11.3 Å². The minimum absolute atomic E-state index is 0.205. The van der Waals surface area contributed by atoms with Gasteiger partial charge in [-0.05, 0) is 24.3 Å². The number of nitrogens with zero attached hydrogens (tertiary/aromatic N) is 2. The summed E-state index contributed by atoms with van der Waals surface area (Å²) in [7, 11) is 0. The van der Waals surface area contributed by atoms with E-state index < -0.39 is 83.4 Å². The highest BCUT2D eigenvalue weighted by Gasteiger charge is 2.72. The molecule has 1 unspecified atom stereocenters. The van der Waals surface area contributed by atoms with Gasteiger partial charge in [-0.25, -0.2) is 14.4 Å². The Morgan fingerprint density at radius 1 is 0.942 bits per heavy atom. The van der Waals surface area contributed by atoms with Gasteiger partial charge in [0.1, 0.15) is 31.0 Å². The van der Waals surface area contributed by atoms with Gasteiger partial charge in [-0.2, -0.15) is 5.26 Å². The second kappa shape index (κ2) is 14.8. The number of carbonyl (C=O) groups excluding carboxylic acids is 3. The minimum atomic E-state index is -1.95. The molecule has 4 aliphatic rings. The van der Waals surface area contributed by atoms with E-state index in [0.717, 1.165) is 16.8 Å². The van der Waals surface area contributed by atoms with E-state index in [-0.39, 0.29) is 13.0 Å². The van der Waals surface area contributed by atoms with Crippen LogP contribution in [0, 0.1) is 11.3 Å². The Balaban J connectivity index is 0.000000192. The lowest BCUT2D eigenvalue weighted by atomic mass is 9.79. The number of ether oxygens (including phenoxy) is 7. The molecule has 4 saturated heterocycles. The molecule has 4 aliphatic heterocycles. The summed E-state index contributed by atoms with van der Waals surface area (Å²) in [4.78, 5) is 61.8. The van der Waals surface area contributed by atoms with E-state index >= 15 is 0 Å². The van der Waals surface area contributed by atoms with E-state index in [1.165, 1.54) is 6.92 Å². The van der Waals surface area contributed by atoms with Crippen LogP contribution in [0.15, 0.2) is 82.5 Å². The third-order valence-corrected chi connectivity index (χ3v) is 9.34. The van der Waals surface area contributed by atoms with Crippen molar-refractivity contribution in [1.82, 2.24) is 9.55 Å². The number of hydrogen-bond acceptors (Lipinski definition) is 15. The molecule has 0 bridgehead atoms. The van der Waals surface area contributed by atoms with E-state index in [0.29, 0.717) is 30.8 Å². The fourth-order valence-corrected chi connectivity index (χ4v) is 6.64. The highest BCUT2D eigenvalue weighted by molar-refractivity contribution is 5.90. The molecule has 274 valence electrons. The predicted molar refractivity (Wildman–Crippen MR) is 172 cm³/mol. The molecule has 17 heteroatoms. The SMILES string of the molecule is CC(=O)OC1O[C@H](COC(=O)c2ccccc2)[C@@H](OC(=O)c2ccccc2)[C@]12CCO2.N#C[C@@]1(n2ccc(=O)[nH]c2=O)O[C@H](CO)[C@@H](O)[C@]12CCO2. The van der Waals surface area contributed by atoms with Gasteiger partial charge in [-0.15, -0.1) is 0 Å². The molecule has 0 saturated carbocycles. The standard InChI is InChI=1S/C23H22O8.C12H13N3O6/c1-15(24)29-22-23(12-13-28-23)19(31-21(26)17-10-6-3-7-11-17)18(30-22)14-27-20(25)16-8-4-2-5-9-16;13-6-12(15-3-1-8(17)14-10(15)19)11(2-4-20-11)9(18)7(5-16)21-12/h2-11,18-19,22H,12-14H2,1H3;1,3,7,9,16,18H,2,4-5H2,(H,14,17,19)/t18-,19-,22?,23-;7-,9-,11-,12-/m11/s1. The lowest BCUT2D eigenvalue weighted by Gasteiger charge is -2.47. The predicted octanol–water partition coefficient (Wildman–Crippen LogP) is 0.140. The number of esters is 3. The number of aliphatic hydroxyl groups excluding tert-OH is 2. The number of benzene rings is 2. The fourth-order valence-electron chi connectivity index (χ4n) is 6.64. The molecule has 0 radical (unpaired) electrons. The number of aromatic amines is 1. The number of nitriles is 1. The molecular formula is C35H35N3O14. The molecule has 8 atom stereocenters. The van der Waals surface area contributed by atoms with E-state index in [4.69, 9.17) is 33.2 Å².